The SMILES string of the molecule is Cc1nc2c(s1)CC=c1cccnc1=C2N1CCNC(CCc2ccc(F)cc2)C1.O=C(O)CCC(=O)O. The fourth-order valence-corrected chi connectivity index (χ4v) is 5.51. The van der Waals surface area contributed by atoms with Gasteiger partial charge in [0.05, 0.1) is 28.9 Å². The predicted octanol–water partition coefficient (Wildman–Crippen LogP) is 2.32. The van der Waals surface area contributed by atoms with Gasteiger partial charge in [0.2, 0.25) is 0 Å². The average Bonchev–Trinajstić information content (AvgIpc) is 3.19. The van der Waals surface area contributed by atoms with Gasteiger partial charge in [0, 0.05) is 43.2 Å². The Hall–Kier alpha value is -3.63. The van der Waals surface area contributed by atoms with E-state index in [9.17, 15) is 14.0 Å². The van der Waals surface area contributed by atoms with Gasteiger partial charge in [-0.1, -0.05) is 24.3 Å². The van der Waals surface area contributed by atoms with Gasteiger partial charge in [-0.2, -0.15) is 0 Å². The van der Waals surface area contributed by atoms with Crippen molar-refractivity contribution < 1.29 is 24.2 Å². The number of carbonyl (C=O) groups is 2. The Kier molecular flexibility index (Phi) is 9.19. The van der Waals surface area contributed by atoms with E-state index >= 15 is 0 Å². The zero-order valence-electron chi connectivity index (χ0n) is 21.2. The van der Waals surface area contributed by atoms with E-state index < -0.39 is 11.9 Å². The van der Waals surface area contributed by atoms with Crippen molar-refractivity contribution >= 4 is 35.0 Å². The first-order chi connectivity index (χ1) is 18.3. The van der Waals surface area contributed by atoms with E-state index in [0.29, 0.717) is 6.04 Å². The molecular formula is C28H31FN4O4S. The molecule has 10 heteroatoms. The largest absolute Gasteiger partial charge is 0.481 e. The molecule has 0 saturated carbocycles. The summed E-state index contributed by atoms with van der Waals surface area (Å²) >= 11 is 1.79. The Bertz CT molecular complexity index is 1390. The summed E-state index contributed by atoms with van der Waals surface area (Å²) in [5, 5.41) is 22.8. The van der Waals surface area contributed by atoms with E-state index in [0.717, 1.165) is 54.9 Å². The first-order valence-corrected chi connectivity index (χ1v) is 13.4. The molecule has 0 radical (unpaired) electrons. The van der Waals surface area contributed by atoms with Crippen LogP contribution in [0.3, 0.4) is 0 Å². The second-order valence-corrected chi connectivity index (χ2v) is 10.5. The number of nitrogens with zero attached hydrogens (tertiary/aromatic N) is 3. The topological polar surface area (TPSA) is 116 Å². The number of hydrogen-bond acceptors (Lipinski definition) is 7. The number of rotatable bonds is 7. The maximum atomic E-state index is 13.2. The molecule has 0 amide bonds. The maximum absolute atomic E-state index is 13.2. The molecule has 3 N–H and O–H groups in total. The Balaban J connectivity index is 0.000000368. The molecule has 3 heterocycles. The molecule has 1 saturated heterocycles. The summed E-state index contributed by atoms with van der Waals surface area (Å²) in [7, 11) is 0. The van der Waals surface area contributed by atoms with E-state index in [4.69, 9.17) is 20.2 Å². The molecule has 1 fully saturated rings. The number of aliphatic carboxylic acids is 2. The van der Waals surface area contributed by atoms with Crippen molar-refractivity contribution in [3.8, 4) is 0 Å². The molecule has 1 aromatic carbocycles. The number of aryl methyl sites for hydroxylation is 2. The van der Waals surface area contributed by atoms with E-state index in [1.807, 2.05) is 24.4 Å². The summed E-state index contributed by atoms with van der Waals surface area (Å²) in [5.41, 5.74) is 3.45. The van der Waals surface area contributed by atoms with Crippen LogP contribution in [-0.2, 0) is 22.4 Å². The van der Waals surface area contributed by atoms with Crippen LogP contribution < -0.4 is 15.9 Å². The van der Waals surface area contributed by atoms with Gasteiger partial charge in [0.25, 0.3) is 0 Å². The third-order valence-corrected chi connectivity index (χ3v) is 7.41. The Morgan fingerprint density at radius 2 is 1.89 bits per heavy atom. The molecule has 1 atom stereocenters. The first-order valence-electron chi connectivity index (χ1n) is 12.6. The summed E-state index contributed by atoms with van der Waals surface area (Å²) < 4.78 is 13.2. The summed E-state index contributed by atoms with van der Waals surface area (Å²) in [6.07, 6.45) is 6.42. The number of carboxylic acid groups (broad SMARTS) is 2. The minimum atomic E-state index is -1.08. The van der Waals surface area contributed by atoms with Gasteiger partial charge in [-0.25, -0.2) is 9.37 Å². The molecule has 0 bridgehead atoms. The Morgan fingerprint density at radius 3 is 2.61 bits per heavy atom. The van der Waals surface area contributed by atoms with Gasteiger partial charge in [-0.3, -0.25) is 14.6 Å². The first kappa shape index (κ1) is 27.4. The zero-order chi connectivity index (χ0) is 27.1. The third-order valence-electron chi connectivity index (χ3n) is 6.42. The van der Waals surface area contributed by atoms with Crippen LogP contribution in [0, 0.1) is 12.7 Å². The van der Waals surface area contributed by atoms with E-state index in [2.05, 4.69) is 29.3 Å². The van der Waals surface area contributed by atoms with Crippen LogP contribution in [0.2, 0.25) is 0 Å². The van der Waals surface area contributed by atoms with Crippen LogP contribution in [0.15, 0.2) is 42.6 Å². The predicted molar refractivity (Wildman–Crippen MR) is 144 cm³/mol. The number of halogens is 1. The minimum absolute atomic E-state index is 0.178. The zero-order valence-corrected chi connectivity index (χ0v) is 22.0. The van der Waals surface area contributed by atoms with Crippen LogP contribution in [0.4, 0.5) is 4.39 Å². The molecule has 0 spiro atoms. The van der Waals surface area contributed by atoms with E-state index in [1.165, 1.54) is 21.4 Å². The number of thiazole rings is 1. The molecular weight excluding hydrogens is 507 g/mol. The second kappa shape index (κ2) is 12.7. The molecule has 8 nitrogen and oxygen atoms in total. The number of carboxylic acids is 2. The Labute approximate surface area is 224 Å². The van der Waals surface area contributed by atoms with Crippen molar-refractivity contribution in [1.29, 1.82) is 0 Å². The summed E-state index contributed by atoms with van der Waals surface area (Å²) in [4.78, 5) is 32.8. The quantitative estimate of drug-likeness (QED) is 0.420. The number of fused-ring (bicyclic) bond motifs is 2. The highest BCUT2D eigenvalue weighted by Gasteiger charge is 2.27. The molecule has 2 aliphatic rings. The third kappa shape index (κ3) is 7.23. The maximum Gasteiger partial charge on any atom is 0.303 e. The lowest BCUT2D eigenvalue weighted by molar-refractivity contribution is -0.143. The lowest BCUT2D eigenvalue weighted by Crippen LogP contribution is -2.52. The highest BCUT2D eigenvalue weighted by Crippen LogP contribution is 2.28. The van der Waals surface area contributed by atoms with Crippen molar-refractivity contribution in [3.05, 3.63) is 80.1 Å². The second-order valence-electron chi connectivity index (χ2n) is 9.25. The number of nitrogens with one attached hydrogen (secondary N) is 1. The average molecular weight is 539 g/mol. The smallest absolute Gasteiger partial charge is 0.303 e. The Morgan fingerprint density at radius 1 is 1.16 bits per heavy atom. The number of aromatic nitrogens is 2. The number of benzene rings is 1. The van der Waals surface area contributed by atoms with Crippen LogP contribution >= 0.6 is 11.3 Å². The van der Waals surface area contributed by atoms with Crippen LogP contribution in [0.5, 0.6) is 0 Å². The van der Waals surface area contributed by atoms with Gasteiger partial charge in [0.15, 0.2) is 0 Å². The van der Waals surface area contributed by atoms with Crippen molar-refractivity contribution in [3.63, 3.8) is 0 Å². The highest BCUT2D eigenvalue weighted by atomic mass is 32.1. The molecule has 1 unspecified atom stereocenters. The summed E-state index contributed by atoms with van der Waals surface area (Å²) in [5.74, 6) is -2.33. The summed E-state index contributed by atoms with van der Waals surface area (Å²) in [6, 6.07) is 11.4. The molecule has 3 aromatic rings. The van der Waals surface area contributed by atoms with Crippen molar-refractivity contribution in [2.45, 2.75) is 45.1 Å². The van der Waals surface area contributed by atoms with Crippen molar-refractivity contribution in [1.82, 2.24) is 20.2 Å². The van der Waals surface area contributed by atoms with Gasteiger partial charge in [-0.05, 0) is 48.7 Å². The fourth-order valence-electron chi connectivity index (χ4n) is 4.62. The summed E-state index contributed by atoms with van der Waals surface area (Å²) in [6.45, 7) is 4.87. The normalized spacial score (nSPS) is 16.3. The van der Waals surface area contributed by atoms with Gasteiger partial charge < -0.3 is 20.4 Å². The highest BCUT2D eigenvalue weighted by molar-refractivity contribution is 7.11. The monoisotopic (exact) mass is 538 g/mol. The molecule has 5 rings (SSSR count). The van der Waals surface area contributed by atoms with Crippen LogP contribution in [0.25, 0.3) is 11.8 Å². The molecule has 1 aliphatic carbocycles. The van der Waals surface area contributed by atoms with E-state index in [1.54, 1.807) is 23.5 Å². The van der Waals surface area contributed by atoms with Gasteiger partial charge in [-0.15, -0.1) is 11.3 Å². The van der Waals surface area contributed by atoms with Crippen LogP contribution in [0.1, 0.15) is 40.4 Å². The standard InChI is InChI=1S/C24H25FN4S.C4H6O4/c1-16-28-23-21(30-16)11-7-18-3-2-12-27-22(18)24(23)29-14-13-26-20(15-29)10-6-17-4-8-19(25)9-5-17;5-3(6)1-2-4(7)8/h2-5,7-9,12,20,26H,6,10-11,13-15H2,1H3;1-2H2,(H,5,6)(H,7,8). The lowest BCUT2D eigenvalue weighted by Gasteiger charge is -2.36. The number of pyridine rings is 1. The fraction of sp³-hybridized carbons (Fsp3) is 0.357. The molecule has 200 valence electrons. The molecule has 38 heavy (non-hydrogen) atoms. The van der Waals surface area contributed by atoms with E-state index in [-0.39, 0.29) is 18.7 Å². The van der Waals surface area contributed by atoms with Gasteiger partial charge >= 0.3 is 11.9 Å². The minimum Gasteiger partial charge on any atom is -0.481 e. The lowest BCUT2D eigenvalue weighted by atomic mass is 10.0. The molecule has 1 aliphatic heterocycles. The van der Waals surface area contributed by atoms with Crippen molar-refractivity contribution in [2.24, 2.45) is 0 Å². The van der Waals surface area contributed by atoms with Crippen LogP contribution in [-0.4, -0.2) is 62.7 Å². The molecule has 2 aromatic heterocycles. The number of piperazine rings is 1. The van der Waals surface area contributed by atoms with Gasteiger partial charge in [0.1, 0.15) is 11.5 Å². The van der Waals surface area contributed by atoms with Crippen molar-refractivity contribution in [2.75, 3.05) is 19.6 Å². The number of hydrogen-bond donors (Lipinski definition) is 3.